The van der Waals surface area contributed by atoms with Crippen molar-refractivity contribution in [3.63, 3.8) is 0 Å². The molecule has 7 nitrogen and oxygen atoms in total. The average Bonchev–Trinajstić information content (AvgIpc) is 2.78. The Balaban J connectivity index is 1.59. The highest BCUT2D eigenvalue weighted by Crippen LogP contribution is 2.50. The lowest BCUT2D eigenvalue weighted by molar-refractivity contribution is -0.127. The molecule has 5 rings (SSSR count). The third kappa shape index (κ3) is 3.64. The van der Waals surface area contributed by atoms with E-state index in [0.717, 1.165) is 16.7 Å². The van der Waals surface area contributed by atoms with Gasteiger partial charge in [0.25, 0.3) is 5.91 Å². The lowest BCUT2D eigenvalue weighted by Crippen LogP contribution is -2.44. The van der Waals surface area contributed by atoms with Crippen molar-refractivity contribution < 1.29 is 29.7 Å². The van der Waals surface area contributed by atoms with Gasteiger partial charge in [-0.15, -0.1) is 0 Å². The number of carbonyl (C=O) groups excluding carboxylic acids is 3. The molecule has 178 valence electrons. The molecule has 5 N–H and O–H groups in total. The number of nitrogens with two attached hydrogens (primary N) is 1. The summed E-state index contributed by atoms with van der Waals surface area (Å²) < 4.78 is 0. The number of primary amides is 1. The second kappa shape index (κ2) is 8.27. The molecular formula is C28H25NO6. The van der Waals surface area contributed by atoms with Gasteiger partial charge in [-0.25, -0.2) is 0 Å². The lowest BCUT2D eigenvalue weighted by Gasteiger charge is -2.41. The van der Waals surface area contributed by atoms with Crippen molar-refractivity contribution in [2.75, 3.05) is 0 Å². The zero-order valence-electron chi connectivity index (χ0n) is 19.1. The van der Waals surface area contributed by atoms with Crippen LogP contribution in [0.2, 0.25) is 0 Å². The van der Waals surface area contributed by atoms with Gasteiger partial charge in [0, 0.05) is 12.0 Å². The summed E-state index contributed by atoms with van der Waals surface area (Å²) in [6.45, 7) is 2.01. The first-order valence-electron chi connectivity index (χ1n) is 11.5. The van der Waals surface area contributed by atoms with Crippen LogP contribution in [0.5, 0.6) is 5.75 Å². The number of fused-ring (bicyclic) bond motifs is 3. The number of carbonyl (C=O) groups is 3. The van der Waals surface area contributed by atoms with Crippen LogP contribution in [-0.4, -0.2) is 32.8 Å². The number of hydrogen-bond donors (Lipinski definition) is 4. The number of ketones is 2. The van der Waals surface area contributed by atoms with Crippen LogP contribution in [0.3, 0.4) is 0 Å². The Morgan fingerprint density at radius 3 is 2.40 bits per heavy atom. The number of aromatic hydroxyl groups is 1. The van der Waals surface area contributed by atoms with Gasteiger partial charge in [0.2, 0.25) is 0 Å². The van der Waals surface area contributed by atoms with Gasteiger partial charge in [-0.3, -0.25) is 14.4 Å². The molecule has 0 aliphatic heterocycles. The maximum Gasteiger partial charge on any atom is 0.255 e. The molecule has 0 heterocycles. The molecule has 35 heavy (non-hydrogen) atoms. The number of aryl methyl sites for hydroxylation is 1. The highest BCUT2D eigenvalue weighted by Gasteiger charge is 2.50. The third-order valence-corrected chi connectivity index (χ3v) is 7.34. The van der Waals surface area contributed by atoms with Crippen LogP contribution in [0, 0.1) is 24.7 Å². The SMILES string of the molecule is Cc1ccc(/C=C/c2ccc(O)c3c2CC2C[C@H]4CC(=O)C(C(N)=O)=C(O)C4C(=O)C2=C3O)cc1. The Morgan fingerprint density at radius 1 is 1.00 bits per heavy atom. The van der Waals surface area contributed by atoms with Gasteiger partial charge in [-0.1, -0.05) is 48.0 Å². The second-order valence-electron chi connectivity index (χ2n) is 9.52. The number of benzene rings is 2. The molecule has 1 saturated carbocycles. The number of aliphatic hydroxyl groups excluding tert-OH is 2. The van der Waals surface area contributed by atoms with Gasteiger partial charge in [0.1, 0.15) is 22.8 Å². The highest BCUT2D eigenvalue weighted by atomic mass is 16.3. The van der Waals surface area contributed by atoms with Crippen molar-refractivity contribution in [2.45, 2.75) is 26.2 Å². The summed E-state index contributed by atoms with van der Waals surface area (Å²) in [5.41, 5.74) is 8.69. The molecule has 0 spiro atoms. The first kappa shape index (κ1) is 22.7. The Labute approximate surface area is 201 Å². The first-order valence-corrected chi connectivity index (χ1v) is 11.5. The van der Waals surface area contributed by atoms with E-state index in [1.165, 1.54) is 6.07 Å². The zero-order valence-corrected chi connectivity index (χ0v) is 19.1. The Kier molecular flexibility index (Phi) is 5.35. The smallest absolute Gasteiger partial charge is 0.255 e. The minimum absolute atomic E-state index is 0.0731. The standard InChI is InChI=1S/C28H25NO6/c1-13-2-4-14(5-3-13)6-7-15-8-9-19(30)23-18(15)11-16-10-17-12-20(31)24(28(29)35)27(34)22(17)25(32)21(16)26(23)33/h2-9,16-17,22,30,33-34H,10-12H2,1H3,(H2,29,35)/b7-6+/t16?,17-,22?/m0/s1. The average molecular weight is 472 g/mol. The van der Waals surface area contributed by atoms with E-state index in [2.05, 4.69) is 0 Å². The minimum atomic E-state index is -1.11. The molecule has 1 fully saturated rings. The molecule has 0 bridgehead atoms. The Hall–Kier alpha value is -4.13. The van der Waals surface area contributed by atoms with E-state index in [9.17, 15) is 29.7 Å². The number of phenols is 1. The fourth-order valence-corrected chi connectivity index (χ4v) is 5.68. The Bertz CT molecular complexity index is 1380. The van der Waals surface area contributed by atoms with Crippen LogP contribution in [-0.2, 0) is 20.8 Å². The molecule has 1 amide bonds. The van der Waals surface area contributed by atoms with Gasteiger partial charge in [-0.2, -0.15) is 0 Å². The number of hydrogen-bond acceptors (Lipinski definition) is 6. The number of amides is 1. The quantitative estimate of drug-likeness (QED) is 0.397. The summed E-state index contributed by atoms with van der Waals surface area (Å²) in [7, 11) is 0. The molecule has 3 aliphatic rings. The normalized spacial score (nSPS) is 23.9. The van der Waals surface area contributed by atoms with Crippen molar-refractivity contribution in [3.8, 4) is 5.75 Å². The number of Topliss-reactive ketones (excluding diaryl/α,β-unsaturated/α-hetero) is 2. The number of allylic oxidation sites excluding steroid dienone is 2. The van der Waals surface area contributed by atoms with Crippen molar-refractivity contribution in [3.05, 3.63) is 81.1 Å². The van der Waals surface area contributed by atoms with Gasteiger partial charge in [-0.05, 0) is 54.4 Å². The predicted molar refractivity (Wildman–Crippen MR) is 130 cm³/mol. The van der Waals surface area contributed by atoms with Gasteiger partial charge in [0.15, 0.2) is 11.6 Å². The van der Waals surface area contributed by atoms with Gasteiger partial charge >= 0.3 is 0 Å². The molecule has 0 saturated heterocycles. The van der Waals surface area contributed by atoms with Crippen LogP contribution in [0.1, 0.15) is 40.7 Å². The summed E-state index contributed by atoms with van der Waals surface area (Å²) in [6.07, 6.45) is 4.53. The maximum atomic E-state index is 13.5. The Morgan fingerprint density at radius 2 is 1.71 bits per heavy atom. The highest BCUT2D eigenvalue weighted by molar-refractivity contribution is 6.21. The van der Waals surface area contributed by atoms with Crippen LogP contribution in [0.4, 0.5) is 0 Å². The molecule has 3 aliphatic carbocycles. The summed E-state index contributed by atoms with van der Waals surface area (Å²) in [5, 5.41) is 32.4. The van der Waals surface area contributed by atoms with Crippen LogP contribution in [0.15, 0.2) is 53.3 Å². The monoisotopic (exact) mass is 471 g/mol. The summed E-state index contributed by atoms with van der Waals surface area (Å²) >= 11 is 0. The maximum absolute atomic E-state index is 13.5. The molecule has 0 aromatic heterocycles. The molecule has 7 heteroatoms. The van der Waals surface area contributed by atoms with E-state index < -0.39 is 40.6 Å². The van der Waals surface area contributed by atoms with Crippen molar-refractivity contribution in [2.24, 2.45) is 23.5 Å². The van der Waals surface area contributed by atoms with Crippen LogP contribution >= 0.6 is 0 Å². The van der Waals surface area contributed by atoms with E-state index in [-0.39, 0.29) is 35.0 Å². The fourth-order valence-electron chi connectivity index (χ4n) is 5.68. The van der Waals surface area contributed by atoms with Gasteiger partial charge < -0.3 is 21.1 Å². The number of phenolic OH excluding ortho intramolecular Hbond substituents is 1. The number of rotatable bonds is 3. The van der Waals surface area contributed by atoms with Crippen molar-refractivity contribution >= 4 is 35.4 Å². The topological polar surface area (TPSA) is 138 Å². The number of aliphatic hydroxyl groups is 2. The van der Waals surface area contributed by atoms with Crippen LogP contribution < -0.4 is 5.73 Å². The van der Waals surface area contributed by atoms with E-state index in [1.807, 2.05) is 43.3 Å². The van der Waals surface area contributed by atoms with E-state index in [4.69, 9.17) is 5.73 Å². The first-order chi connectivity index (χ1) is 16.7. The molecule has 2 aromatic rings. The summed E-state index contributed by atoms with van der Waals surface area (Å²) in [6, 6.07) is 11.2. The zero-order chi connectivity index (χ0) is 25.0. The van der Waals surface area contributed by atoms with E-state index in [1.54, 1.807) is 6.07 Å². The van der Waals surface area contributed by atoms with E-state index in [0.29, 0.717) is 18.4 Å². The molecular weight excluding hydrogens is 446 g/mol. The minimum Gasteiger partial charge on any atom is -0.511 e. The fraction of sp³-hybridized carbons (Fsp3) is 0.250. The molecule has 3 atom stereocenters. The van der Waals surface area contributed by atoms with Crippen molar-refractivity contribution in [1.82, 2.24) is 0 Å². The summed E-state index contributed by atoms with van der Waals surface area (Å²) in [5.74, 6) is -5.28. The van der Waals surface area contributed by atoms with Crippen molar-refractivity contribution in [1.29, 1.82) is 0 Å². The molecule has 2 unspecified atom stereocenters. The summed E-state index contributed by atoms with van der Waals surface area (Å²) in [4.78, 5) is 37.6. The lowest BCUT2D eigenvalue weighted by atomic mass is 9.61. The molecule has 2 aromatic carbocycles. The predicted octanol–water partition coefficient (Wildman–Crippen LogP) is 3.79. The molecule has 0 radical (unpaired) electrons. The van der Waals surface area contributed by atoms with Gasteiger partial charge in [0.05, 0.1) is 11.5 Å². The third-order valence-electron chi connectivity index (χ3n) is 7.34. The van der Waals surface area contributed by atoms with E-state index >= 15 is 0 Å². The van der Waals surface area contributed by atoms with Crippen LogP contribution in [0.25, 0.3) is 17.9 Å². The second-order valence-corrected chi connectivity index (χ2v) is 9.52. The largest absolute Gasteiger partial charge is 0.511 e.